The maximum Gasteiger partial charge on any atom is 0.217 e. The van der Waals surface area contributed by atoms with Crippen LogP contribution < -0.4 is 0 Å². The molecule has 2 heterocycles. The minimum atomic E-state index is -0.232. The highest BCUT2D eigenvalue weighted by Crippen LogP contribution is 2.26. The molecule has 1 aromatic heterocycles. The summed E-state index contributed by atoms with van der Waals surface area (Å²) in [5, 5.41) is 1.20. The molecule has 1 aliphatic heterocycles. The molecular formula is C24H18FIN2O. The first-order valence-corrected chi connectivity index (χ1v) is 10.3. The van der Waals surface area contributed by atoms with Crippen LogP contribution in [0.15, 0.2) is 96.1 Å². The molecule has 4 aromatic rings. The van der Waals surface area contributed by atoms with Gasteiger partial charge >= 0.3 is 0 Å². The summed E-state index contributed by atoms with van der Waals surface area (Å²) in [4.78, 5) is 8.77. The van der Waals surface area contributed by atoms with Gasteiger partial charge in [0.1, 0.15) is 18.5 Å². The van der Waals surface area contributed by atoms with Crippen LogP contribution in [0.25, 0.3) is 10.9 Å². The Morgan fingerprint density at radius 1 is 0.862 bits per heavy atom. The number of hydrogen-bond donors (Lipinski definition) is 0. The van der Waals surface area contributed by atoms with Gasteiger partial charge in [0.25, 0.3) is 0 Å². The van der Waals surface area contributed by atoms with Crippen molar-refractivity contribution in [2.45, 2.75) is 6.04 Å². The van der Waals surface area contributed by atoms with E-state index in [-0.39, 0.29) is 11.9 Å². The number of para-hydroxylation sites is 1. The predicted octanol–water partition coefficient (Wildman–Crippen LogP) is 6.18. The minimum Gasteiger partial charge on any atom is -0.475 e. The monoisotopic (exact) mass is 496 g/mol. The second-order valence-corrected chi connectivity index (χ2v) is 7.65. The molecular weight excluding hydrogens is 478 g/mol. The topological polar surface area (TPSA) is 34.5 Å². The van der Waals surface area contributed by atoms with E-state index in [1.165, 1.54) is 17.5 Å². The first-order chi connectivity index (χ1) is 14.2. The van der Waals surface area contributed by atoms with Crippen LogP contribution in [0.1, 0.15) is 17.2 Å². The van der Waals surface area contributed by atoms with E-state index in [1.807, 2.05) is 54.7 Å². The standard InChI is InChI=1S/C15H11FINO.C9H7N/c16-11-7-5-10(6-8-11)14-9-19-15(18-14)12-3-1-2-4-13(12)17;1-2-6-9-8(4-1)5-3-7-10-9/h1-8,14H,9H2;1-7H. The lowest BCUT2D eigenvalue weighted by molar-refractivity contribution is 0.319. The molecule has 144 valence electrons. The zero-order valence-corrected chi connectivity index (χ0v) is 17.7. The molecule has 1 unspecified atom stereocenters. The van der Waals surface area contributed by atoms with Crippen LogP contribution >= 0.6 is 22.6 Å². The van der Waals surface area contributed by atoms with Gasteiger partial charge < -0.3 is 4.74 Å². The molecule has 5 heteroatoms. The van der Waals surface area contributed by atoms with Crippen molar-refractivity contribution >= 4 is 39.4 Å². The van der Waals surface area contributed by atoms with Crippen molar-refractivity contribution in [2.24, 2.45) is 4.99 Å². The molecule has 5 rings (SSSR count). The fraction of sp³-hybridized carbons (Fsp3) is 0.0833. The Hall–Kier alpha value is -2.80. The summed E-state index contributed by atoms with van der Waals surface area (Å²) < 4.78 is 19.7. The van der Waals surface area contributed by atoms with E-state index in [9.17, 15) is 4.39 Å². The lowest BCUT2D eigenvalue weighted by atomic mass is 10.1. The lowest BCUT2D eigenvalue weighted by Gasteiger charge is -2.04. The van der Waals surface area contributed by atoms with Crippen LogP contribution in [0.2, 0.25) is 0 Å². The summed E-state index contributed by atoms with van der Waals surface area (Å²) >= 11 is 2.27. The van der Waals surface area contributed by atoms with E-state index in [0.717, 1.165) is 20.2 Å². The Kier molecular flexibility index (Phi) is 6.14. The van der Waals surface area contributed by atoms with Gasteiger partial charge in [-0.1, -0.05) is 48.5 Å². The summed E-state index contributed by atoms with van der Waals surface area (Å²) in [6.45, 7) is 0.506. The number of nitrogens with zero attached hydrogens (tertiary/aromatic N) is 2. The first-order valence-electron chi connectivity index (χ1n) is 9.21. The molecule has 0 bridgehead atoms. The number of benzene rings is 3. The maximum absolute atomic E-state index is 12.9. The van der Waals surface area contributed by atoms with Crippen LogP contribution in [0, 0.1) is 9.39 Å². The normalized spacial score (nSPS) is 15.2. The van der Waals surface area contributed by atoms with Crippen LogP contribution in [0.4, 0.5) is 4.39 Å². The molecule has 1 aliphatic rings. The molecule has 0 fully saturated rings. The number of aliphatic imine (C=N–C) groups is 1. The predicted molar refractivity (Wildman–Crippen MR) is 123 cm³/mol. The Morgan fingerprint density at radius 3 is 2.38 bits per heavy atom. The van der Waals surface area contributed by atoms with Gasteiger partial charge in [-0.15, -0.1) is 0 Å². The zero-order valence-electron chi connectivity index (χ0n) is 15.5. The van der Waals surface area contributed by atoms with Gasteiger partial charge in [0.15, 0.2) is 0 Å². The van der Waals surface area contributed by atoms with Crippen LogP contribution in [0.5, 0.6) is 0 Å². The first kappa shape index (κ1) is 19.5. The molecule has 0 saturated heterocycles. The molecule has 1 atom stereocenters. The van der Waals surface area contributed by atoms with Crippen molar-refractivity contribution in [3.63, 3.8) is 0 Å². The lowest BCUT2D eigenvalue weighted by Crippen LogP contribution is -2.03. The SMILES string of the molecule is Fc1ccc(C2COC(c3ccccc3I)=N2)cc1.c1ccc2ncccc2c1. The van der Waals surface area contributed by atoms with E-state index in [1.54, 1.807) is 12.1 Å². The number of hydrogen-bond acceptors (Lipinski definition) is 3. The number of ether oxygens (including phenoxy) is 1. The van der Waals surface area contributed by atoms with Gasteiger partial charge in [-0.2, -0.15) is 0 Å². The number of pyridine rings is 1. The molecule has 0 radical (unpaired) electrons. The van der Waals surface area contributed by atoms with Crippen LogP contribution in [-0.4, -0.2) is 17.5 Å². The van der Waals surface area contributed by atoms with Gasteiger partial charge in [-0.05, 0) is 64.6 Å². The molecule has 29 heavy (non-hydrogen) atoms. The van der Waals surface area contributed by atoms with Gasteiger partial charge in [0.05, 0.1) is 5.52 Å². The highest BCUT2D eigenvalue weighted by atomic mass is 127. The second-order valence-electron chi connectivity index (χ2n) is 6.49. The number of aromatic nitrogens is 1. The van der Waals surface area contributed by atoms with E-state index < -0.39 is 0 Å². The van der Waals surface area contributed by atoms with Crippen molar-refractivity contribution in [3.8, 4) is 0 Å². The Balaban J connectivity index is 0.000000171. The average molecular weight is 496 g/mol. The summed E-state index contributed by atoms with van der Waals surface area (Å²) in [7, 11) is 0. The molecule has 0 saturated carbocycles. The maximum atomic E-state index is 12.9. The van der Waals surface area contributed by atoms with Crippen LogP contribution in [0.3, 0.4) is 0 Å². The fourth-order valence-electron chi connectivity index (χ4n) is 3.03. The third-order valence-corrected chi connectivity index (χ3v) is 5.46. The smallest absolute Gasteiger partial charge is 0.217 e. The summed E-state index contributed by atoms with van der Waals surface area (Å²) in [6.07, 6.45) is 1.81. The van der Waals surface area contributed by atoms with E-state index in [4.69, 9.17) is 4.74 Å². The molecule has 0 spiro atoms. The average Bonchev–Trinajstić information content (AvgIpc) is 3.25. The van der Waals surface area contributed by atoms with Gasteiger partial charge in [0.2, 0.25) is 5.90 Å². The van der Waals surface area contributed by atoms with Crippen molar-refractivity contribution in [2.75, 3.05) is 6.61 Å². The van der Waals surface area contributed by atoms with Gasteiger partial charge in [-0.25, -0.2) is 9.38 Å². The molecule has 0 N–H and O–H groups in total. The summed E-state index contributed by atoms with van der Waals surface area (Å²) in [5.74, 6) is 0.434. The molecule has 0 aliphatic carbocycles. The fourth-order valence-corrected chi connectivity index (χ4v) is 3.65. The summed E-state index contributed by atoms with van der Waals surface area (Å²) in [6, 6.07) is 26.4. The van der Waals surface area contributed by atoms with E-state index >= 15 is 0 Å². The number of rotatable bonds is 2. The van der Waals surface area contributed by atoms with E-state index in [0.29, 0.717) is 12.5 Å². The third-order valence-electron chi connectivity index (χ3n) is 4.52. The largest absolute Gasteiger partial charge is 0.475 e. The second kappa shape index (κ2) is 9.13. The Labute approximate surface area is 182 Å². The van der Waals surface area contributed by atoms with Crippen molar-refractivity contribution < 1.29 is 9.13 Å². The van der Waals surface area contributed by atoms with Crippen molar-refractivity contribution in [1.82, 2.24) is 4.98 Å². The zero-order chi connectivity index (χ0) is 20.1. The van der Waals surface area contributed by atoms with Crippen LogP contribution in [-0.2, 0) is 4.74 Å². The Morgan fingerprint density at radius 2 is 1.59 bits per heavy atom. The molecule has 3 nitrogen and oxygen atoms in total. The third kappa shape index (κ3) is 4.79. The highest BCUT2D eigenvalue weighted by Gasteiger charge is 2.22. The number of halogens is 2. The molecule has 3 aromatic carbocycles. The van der Waals surface area contributed by atoms with Crippen molar-refractivity contribution in [1.29, 1.82) is 0 Å². The minimum absolute atomic E-state index is 0.0494. The van der Waals surface area contributed by atoms with Gasteiger partial charge in [0, 0.05) is 20.7 Å². The highest BCUT2D eigenvalue weighted by molar-refractivity contribution is 14.1. The van der Waals surface area contributed by atoms with E-state index in [2.05, 4.69) is 44.7 Å². The number of fused-ring (bicyclic) bond motifs is 1. The molecule has 0 amide bonds. The van der Waals surface area contributed by atoms with Gasteiger partial charge in [-0.3, -0.25) is 4.98 Å². The quantitative estimate of drug-likeness (QED) is 0.311. The summed E-state index contributed by atoms with van der Waals surface area (Å²) in [5.41, 5.74) is 3.04. The van der Waals surface area contributed by atoms with Crippen molar-refractivity contribution in [3.05, 3.63) is 112 Å². The Bertz CT molecular complexity index is 1080.